The zero-order valence-electron chi connectivity index (χ0n) is 12.4. The molecule has 0 aliphatic carbocycles. The normalized spacial score (nSPS) is 11.6. The molecule has 2 heteroatoms. The summed E-state index contributed by atoms with van der Waals surface area (Å²) in [5.41, 5.74) is 6.61. The van der Waals surface area contributed by atoms with Crippen LogP contribution in [0.5, 0.6) is 0 Å². The molecule has 2 nitrogen and oxygen atoms in total. The number of benzene rings is 2. The van der Waals surface area contributed by atoms with Crippen molar-refractivity contribution in [3.63, 3.8) is 0 Å². The summed E-state index contributed by atoms with van der Waals surface area (Å²) >= 11 is 0. The molecular formula is C18H20N2. The van der Waals surface area contributed by atoms with E-state index in [-0.39, 0.29) is 0 Å². The fraction of sp³-hybridized carbons (Fsp3) is 0.333. The van der Waals surface area contributed by atoms with Crippen molar-refractivity contribution >= 4 is 22.1 Å². The number of rotatable bonds is 3. The Morgan fingerprint density at radius 1 is 0.850 bits per heavy atom. The maximum Gasteiger partial charge on any atom is 0.0897 e. The Hall–Kier alpha value is -1.96. The molecule has 1 aromatic heterocycles. The first-order chi connectivity index (χ1) is 9.67. The van der Waals surface area contributed by atoms with Crippen LogP contribution in [0.2, 0.25) is 0 Å². The van der Waals surface area contributed by atoms with Gasteiger partial charge in [-0.1, -0.05) is 39.3 Å². The Kier molecular flexibility index (Phi) is 3.39. The van der Waals surface area contributed by atoms with E-state index in [0.717, 1.165) is 34.9 Å². The summed E-state index contributed by atoms with van der Waals surface area (Å²) < 4.78 is 0. The fourth-order valence-electron chi connectivity index (χ4n) is 2.54. The number of aromatic nitrogens is 2. The van der Waals surface area contributed by atoms with E-state index >= 15 is 0 Å². The SMILES string of the molecule is CCCc1ccc2nc3cc(C(C)C)ccc3nc2c1. The molecule has 0 N–H and O–H groups in total. The molecule has 0 saturated heterocycles. The minimum Gasteiger partial charge on any atom is -0.244 e. The van der Waals surface area contributed by atoms with Crippen molar-refractivity contribution in [2.75, 3.05) is 0 Å². The number of hydrogen-bond acceptors (Lipinski definition) is 2. The van der Waals surface area contributed by atoms with E-state index in [0.29, 0.717) is 5.92 Å². The molecular weight excluding hydrogens is 244 g/mol. The van der Waals surface area contributed by atoms with E-state index in [1.807, 2.05) is 0 Å². The van der Waals surface area contributed by atoms with Crippen LogP contribution in [-0.4, -0.2) is 9.97 Å². The van der Waals surface area contributed by atoms with Gasteiger partial charge in [-0.15, -0.1) is 0 Å². The molecule has 1 heterocycles. The molecule has 20 heavy (non-hydrogen) atoms. The van der Waals surface area contributed by atoms with Gasteiger partial charge in [-0.25, -0.2) is 9.97 Å². The molecule has 0 unspecified atom stereocenters. The van der Waals surface area contributed by atoms with E-state index in [9.17, 15) is 0 Å². The highest BCUT2D eigenvalue weighted by Gasteiger charge is 2.05. The van der Waals surface area contributed by atoms with Gasteiger partial charge >= 0.3 is 0 Å². The fourth-order valence-corrected chi connectivity index (χ4v) is 2.54. The summed E-state index contributed by atoms with van der Waals surface area (Å²) in [6, 6.07) is 12.8. The lowest BCUT2D eigenvalue weighted by molar-refractivity contribution is 0.868. The van der Waals surface area contributed by atoms with E-state index in [1.54, 1.807) is 0 Å². The maximum atomic E-state index is 4.76. The highest BCUT2D eigenvalue weighted by molar-refractivity contribution is 5.86. The third-order valence-corrected chi connectivity index (χ3v) is 3.73. The lowest BCUT2D eigenvalue weighted by Crippen LogP contribution is -1.92. The van der Waals surface area contributed by atoms with Crippen LogP contribution in [0.25, 0.3) is 22.1 Å². The largest absolute Gasteiger partial charge is 0.244 e. The summed E-state index contributed by atoms with van der Waals surface area (Å²) in [6.07, 6.45) is 2.26. The average Bonchev–Trinajstić information content (AvgIpc) is 2.44. The molecule has 0 aliphatic heterocycles. The van der Waals surface area contributed by atoms with Crippen LogP contribution in [0.4, 0.5) is 0 Å². The summed E-state index contributed by atoms with van der Waals surface area (Å²) in [5, 5.41) is 0. The minimum atomic E-state index is 0.517. The van der Waals surface area contributed by atoms with E-state index < -0.39 is 0 Å². The monoisotopic (exact) mass is 264 g/mol. The van der Waals surface area contributed by atoms with E-state index in [2.05, 4.69) is 57.2 Å². The second-order valence-electron chi connectivity index (χ2n) is 5.70. The summed E-state index contributed by atoms with van der Waals surface area (Å²) in [6.45, 7) is 6.60. The standard InChI is InChI=1S/C18H20N2/c1-4-5-13-6-8-15-17(10-13)19-16-9-7-14(12(2)3)11-18(16)20-15/h6-12H,4-5H2,1-3H3. The Morgan fingerprint density at radius 3 is 2.15 bits per heavy atom. The van der Waals surface area contributed by atoms with Crippen molar-refractivity contribution < 1.29 is 0 Å². The van der Waals surface area contributed by atoms with Gasteiger partial charge in [0.25, 0.3) is 0 Å². The van der Waals surface area contributed by atoms with Crippen molar-refractivity contribution in [3.8, 4) is 0 Å². The zero-order valence-corrected chi connectivity index (χ0v) is 12.4. The lowest BCUT2D eigenvalue weighted by Gasteiger charge is -2.07. The smallest absolute Gasteiger partial charge is 0.0897 e. The summed E-state index contributed by atoms with van der Waals surface area (Å²) in [4.78, 5) is 9.52. The summed E-state index contributed by atoms with van der Waals surface area (Å²) in [7, 11) is 0. The van der Waals surface area contributed by atoms with Crippen LogP contribution < -0.4 is 0 Å². The highest BCUT2D eigenvalue weighted by atomic mass is 14.8. The van der Waals surface area contributed by atoms with Crippen molar-refractivity contribution in [3.05, 3.63) is 47.5 Å². The lowest BCUT2D eigenvalue weighted by atomic mass is 10.0. The molecule has 0 spiro atoms. The highest BCUT2D eigenvalue weighted by Crippen LogP contribution is 2.22. The third kappa shape index (κ3) is 2.38. The van der Waals surface area contributed by atoms with Crippen molar-refractivity contribution in [1.82, 2.24) is 9.97 Å². The zero-order chi connectivity index (χ0) is 14.1. The van der Waals surface area contributed by atoms with Crippen LogP contribution in [0, 0.1) is 0 Å². The minimum absolute atomic E-state index is 0.517. The van der Waals surface area contributed by atoms with Gasteiger partial charge in [-0.05, 0) is 47.7 Å². The van der Waals surface area contributed by atoms with Gasteiger partial charge in [0, 0.05) is 0 Å². The van der Waals surface area contributed by atoms with Crippen LogP contribution in [0.1, 0.15) is 44.2 Å². The molecule has 0 bridgehead atoms. The quantitative estimate of drug-likeness (QED) is 0.631. The predicted molar refractivity (Wildman–Crippen MR) is 85.1 cm³/mol. The first kappa shape index (κ1) is 13.0. The van der Waals surface area contributed by atoms with Crippen LogP contribution in [-0.2, 0) is 6.42 Å². The van der Waals surface area contributed by atoms with Gasteiger partial charge in [0.1, 0.15) is 0 Å². The number of hydrogen-bond donors (Lipinski definition) is 0. The maximum absolute atomic E-state index is 4.76. The van der Waals surface area contributed by atoms with E-state index in [4.69, 9.17) is 9.97 Å². The Balaban J connectivity index is 2.17. The molecule has 0 radical (unpaired) electrons. The van der Waals surface area contributed by atoms with Crippen LogP contribution in [0.3, 0.4) is 0 Å². The molecule has 2 aromatic carbocycles. The Labute approximate surface area is 119 Å². The number of nitrogens with zero attached hydrogens (tertiary/aromatic N) is 2. The molecule has 0 fully saturated rings. The van der Waals surface area contributed by atoms with Gasteiger partial charge in [0.05, 0.1) is 22.1 Å². The van der Waals surface area contributed by atoms with E-state index in [1.165, 1.54) is 11.1 Å². The second kappa shape index (κ2) is 5.20. The first-order valence-corrected chi connectivity index (χ1v) is 7.37. The molecule has 0 aliphatic rings. The van der Waals surface area contributed by atoms with Gasteiger partial charge in [0.15, 0.2) is 0 Å². The average molecular weight is 264 g/mol. The molecule has 3 rings (SSSR count). The van der Waals surface area contributed by atoms with Gasteiger partial charge in [0.2, 0.25) is 0 Å². The molecule has 0 amide bonds. The molecule has 3 aromatic rings. The van der Waals surface area contributed by atoms with Crippen LogP contribution >= 0.6 is 0 Å². The summed E-state index contributed by atoms with van der Waals surface area (Å²) in [5.74, 6) is 0.517. The van der Waals surface area contributed by atoms with Crippen LogP contribution in [0.15, 0.2) is 36.4 Å². The molecule has 102 valence electrons. The van der Waals surface area contributed by atoms with Crippen molar-refractivity contribution in [2.45, 2.75) is 39.5 Å². The number of aryl methyl sites for hydroxylation is 1. The van der Waals surface area contributed by atoms with Crippen molar-refractivity contribution in [1.29, 1.82) is 0 Å². The van der Waals surface area contributed by atoms with Gasteiger partial charge in [-0.2, -0.15) is 0 Å². The topological polar surface area (TPSA) is 25.8 Å². The molecule has 0 atom stereocenters. The Morgan fingerprint density at radius 2 is 1.50 bits per heavy atom. The first-order valence-electron chi connectivity index (χ1n) is 7.37. The molecule has 0 saturated carbocycles. The van der Waals surface area contributed by atoms with Crippen molar-refractivity contribution in [2.24, 2.45) is 0 Å². The van der Waals surface area contributed by atoms with Gasteiger partial charge < -0.3 is 0 Å². The van der Waals surface area contributed by atoms with Gasteiger partial charge in [-0.3, -0.25) is 0 Å². The predicted octanol–water partition coefficient (Wildman–Crippen LogP) is 4.86. The Bertz CT molecular complexity index is 760. The second-order valence-corrected chi connectivity index (χ2v) is 5.70. The number of fused-ring (bicyclic) bond motifs is 2. The third-order valence-electron chi connectivity index (χ3n) is 3.73.